The Balaban J connectivity index is 1.64. The van der Waals surface area contributed by atoms with Crippen LogP contribution in [0.5, 0.6) is 5.75 Å². The molecule has 0 spiro atoms. The van der Waals surface area contributed by atoms with E-state index >= 15 is 0 Å². The summed E-state index contributed by atoms with van der Waals surface area (Å²) >= 11 is 1.53. The highest BCUT2D eigenvalue weighted by molar-refractivity contribution is 7.91. The number of carbonyl (C=O) groups excluding carboxylic acids is 1. The van der Waals surface area contributed by atoms with Crippen LogP contribution in [0, 0.1) is 0 Å². The van der Waals surface area contributed by atoms with Crippen molar-refractivity contribution in [1.82, 2.24) is 4.90 Å². The molecule has 0 N–H and O–H groups in total. The highest BCUT2D eigenvalue weighted by Crippen LogP contribution is 2.41. The number of hydrogen-bond donors (Lipinski definition) is 0. The molecule has 1 fully saturated rings. The second-order valence-electron chi connectivity index (χ2n) is 7.54. The molecular formula is C21H25NO4S2. The number of hydrogen-bond acceptors (Lipinski definition) is 5. The molecule has 1 atom stereocenters. The first kappa shape index (κ1) is 19.5. The molecule has 5 nitrogen and oxygen atoms in total. The summed E-state index contributed by atoms with van der Waals surface area (Å²) in [4.78, 5) is 16.9. The average molecular weight is 420 g/mol. The molecule has 1 aliphatic carbocycles. The Bertz CT molecular complexity index is 1010. The minimum Gasteiger partial charge on any atom is -0.497 e. The zero-order chi connectivity index (χ0) is 19.9. The van der Waals surface area contributed by atoms with Crippen molar-refractivity contribution >= 4 is 27.1 Å². The molecule has 1 aromatic carbocycles. The van der Waals surface area contributed by atoms with E-state index in [9.17, 15) is 13.2 Å². The van der Waals surface area contributed by atoms with E-state index in [1.54, 1.807) is 12.0 Å². The fourth-order valence-electron chi connectivity index (χ4n) is 4.20. The molecule has 150 valence electrons. The van der Waals surface area contributed by atoms with Gasteiger partial charge < -0.3 is 9.64 Å². The molecule has 1 aliphatic heterocycles. The number of ether oxygens (including phenoxy) is 1. The van der Waals surface area contributed by atoms with Crippen LogP contribution in [-0.2, 0) is 22.7 Å². The molecule has 2 aliphatic rings. The minimum atomic E-state index is -3.03. The number of benzene rings is 1. The van der Waals surface area contributed by atoms with Gasteiger partial charge in [0.05, 0.1) is 23.5 Å². The molecule has 4 rings (SSSR count). The van der Waals surface area contributed by atoms with E-state index in [-0.39, 0.29) is 23.5 Å². The fraction of sp³-hybridized carbons (Fsp3) is 0.476. The van der Waals surface area contributed by atoms with Crippen LogP contribution in [0.3, 0.4) is 0 Å². The third kappa shape index (κ3) is 3.57. The lowest BCUT2D eigenvalue weighted by Crippen LogP contribution is -2.41. The number of fused-ring (bicyclic) bond motifs is 3. The van der Waals surface area contributed by atoms with Crippen molar-refractivity contribution < 1.29 is 17.9 Å². The highest BCUT2D eigenvalue weighted by Gasteiger charge is 2.35. The second kappa shape index (κ2) is 7.52. The van der Waals surface area contributed by atoms with Gasteiger partial charge in [-0.3, -0.25) is 4.79 Å². The number of aryl methyl sites for hydroxylation is 2. The first-order valence-corrected chi connectivity index (χ1v) is 12.4. The van der Waals surface area contributed by atoms with Crippen LogP contribution in [0.2, 0.25) is 0 Å². The zero-order valence-electron chi connectivity index (χ0n) is 16.2. The summed E-state index contributed by atoms with van der Waals surface area (Å²) in [5, 5.41) is 0. The normalized spacial score (nSPS) is 19.7. The van der Waals surface area contributed by atoms with Gasteiger partial charge in [0.25, 0.3) is 5.91 Å². The minimum absolute atomic E-state index is 0.0292. The van der Waals surface area contributed by atoms with E-state index in [1.807, 2.05) is 19.1 Å². The number of rotatable bonds is 5. The molecule has 7 heteroatoms. The molecule has 28 heavy (non-hydrogen) atoms. The van der Waals surface area contributed by atoms with E-state index in [0.29, 0.717) is 17.8 Å². The Morgan fingerprint density at radius 2 is 2.04 bits per heavy atom. The van der Waals surface area contributed by atoms with Crippen LogP contribution >= 0.6 is 11.3 Å². The summed E-state index contributed by atoms with van der Waals surface area (Å²) in [6.45, 7) is 2.61. The Hall–Kier alpha value is -1.86. The van der Waals surface area contributed by atoms with Gasteiger partial charge >= 0.3 is 0 Å². The van der Waals surface area contributed by atoms with Crippen LogP contribution in [0.4, 0.5) is 0 Å². The summed E-state index contributed by atoms with van der Waals surface area (Å²) in [6, 6.07) is 7.92. The zero-order valence-corrected chi connectivity index (χ0v) is 17.9. The van der Waals surface area contributed by atoms with Crippen molar-refractivity contribution in [1.29, 1.82) is 0 Å². The molecule has 1 amide bonds. The van der Waals surface area contributed by atoms with Crippen LogP contribution in [-0.4, -0.2) is 50.4 Å². The third-order valence-corrected chi connectivity index (χ3v) is 8.56. The molecule has 0 bridgehead atoms. The van der Waals surface area contributed by atoms with Crippen molar-refractivity contribution in [2.75, 3.05) is 25.2 Å². The first-order valence-electron chi connectivity index (χ1n) is 9.73. The topological polar surface area (TPSA) is 63.7 Å². The summed E-state index contributed by atoms with van der Waals surface area (Å²) in [5.41, 5.74) is 3.64. The monoisotopic (exact) mass is 419 g/mol. The molecule has 1 aromatic heterocycles. The van der Waals surface area contributed by atoms with Gasteiger partial charge in [0, 0.05) is 17.5 Å². The van der Waals surface area contributed by atoms with Crippen molar-refractivity contribution in [3.05, 3.63) is 40.3 Å². The fourth-order valence-corrected chi connectivity index (χ4v) is 7.15. The molecule has 2 heterocycles. The predicted octanol–water partition coefficient (Wildman–Crippen LogP) is 3.56. The smallest absolute Gasteiger partial charge is 0.264 e. The summed E-state index contributed by atoms with van der Waals surface area (Å²) < 4.78 is 29.2. The predicted molar refractivity (Wildman–Crippen MR) is 112 cm³/mol. The van der Waals surface area contributed by atoms with Gasteiger partial charge in [0.15, 0.2) is 9.84 Å². The number of amides is 1. The van der Waals surface area contributed by atoms with Gasteiger partial charge in [0.1, 0.15) is 5.75 Å². The number of sulfone groups is 1. The maximum absolute atomic E-state index is 13.3. The van der Waals surface area contributed by atoms with Crippen molar-refractivity contribution in [2.24, 2.45) is 0 Å². The number of carbonyl (C=O) groups is 1. The Kier molecular flexibility index (Phi) is 5.22. The van der Waals surface area contributed by atoms with Gasteiger partial charge in [-0.25, -0.2) is 8.42 Å². The Morgan fingerprint density at radius 3 is 2.71 bits per heavy atom. The molecule has 0 radical (unpaired) electrons. The lowest BCUT2D eigenvalue weighted by Gasteiger charge is -2.27. The largest absolute Gasteiger partial charge is 0.497 e. The standard InChI is InChI=1S/C21H25NO4S2/c1-3-9-22(16-8-10-28(24,25)13-16)21(23)19-12-15-5-4-14-11-17(26-2)6-7-18(14)20(15)27-19/h6-7,11-12,16H,3-5,8-10,13H2,1-2H3/t16-/m0/s1. The van der Waals surface area contributed by atoms with E-state index in [0.717, 1.165) is 29.9 Å². The molecule has 0 unspecified atom stereocenters. The van der Waals surface area contributed by atoms with Crippen LogP contribution in [0.1, 0.15) is 40.6 Å². The second-order valence-corrected chi connectivity index (χ2v) is 10.8. The van der Waals surface area contributed by atoms with Crippen molar-refractivity contribution in [2.45, 2.75) is 38.6 Å². The van der Waals surface area contributed by atoms with Crippen molar-refractivity contribution in [3.8, 4) is 16.2 Å². The van der Waals surface area contributed by atoms with Gasteiger partial charge in [-0.2, -0.15) is 0 Å². The van der Waals surface area contributed by atoms with Gasteiger partial charge in [-0.1, -0.05) is 6.92 Å². The lowest BCUT2D eigenvalue weighted by molar-refractivity contribution is 0.0702. The maximum atomic E-state index is 13.3. The van der Waals surface area contributed by atoms with Crippen LogP contribution in [0.25, 0.3) is 10.4 Å². The van der Waals surface area contributed by atoms with E-state index in [4.69, 9.17) is 4.74 Å². The van der Waals surface area contributed by atoms with Gasteiger partial charge in [-0.05, 0) is 66.6 Å². The number of nitrogens with zero attached hydrogens (tertiary/aromatic N) is 1. The van der Waals surface area contributed by atoms with Gasteiger partial charge in [0.2, 0.25) is 0 Å². The average Bonchev–Trinajstić information content (AvgIpc) is 3.28. The van der Waals surface area contributed by atoms with Crippen LogP contribution < -0.4 is 4.74 Å². The maximum Gasteiger partial charge on any atom is 0.264 e. The quantitative estimate of drug-likeness (QED) is 0.743. The van der Waals surface area contributed by atoms with E-state index in [2.05, 4.69) is 12.1 Å². The summed E-state index contributed by atoms with van der Waals surface area (Å²) in [6.07, 6.45) is 3.20. The van der Waals surface area contributed by atoms with Crippen LogP contribution in [0.15, 0.2) is 24.3 Å². The summed E-state index contributed by atoms with van der Waals surface area (Å²) in [7, 11) is -1.36. The first-order chi connectivity index (χ1) is 13.4. The molecule has 0 saturated carbocycles. The summed E-state index contributed by atoms with van der Waals surface area (Å²) in [5.74, 6) is 1.10. The van der Waals surface area contributed by atoms with E-state index < -0.39 is 9.84 Å². The SMILES string of the molecule is CCCN(C(=O)c1cc2c(s1)-c1ccc(OC)cc1CC2)[C@H]1CCS(=O)(=O)C1. The Labute approximate surface area is 170 Å². The lowest BCUT2D eigenvalue weighted by atomic mass is 9.91. The molecular weight excluding hydrogens is 394 g/mol. The van der Waals surface area contributed by atoms with E-state index in [1.165, 1.54) is 28.0 Å². The van der Waals surface area contributed by atoms with Crippen molar-refractivity contribution in [3.63, 3.8) is 0 Å². The molecule has 1 saturated heterocycles. The number of thiophene rings is 1. The molecule has 2 aromatic rings. The highest BCUT2D eigenvalue weighted by atomic mass is 32.2. The third-order valence-electron chi connectivity index (χ3n) is 5.62. The van der Waals surface area contributed by atoms with Gasteiger partial charge in [-0.15, -0.1) is 11.3 Å². The number of methoxy groups -OCH3 is 1. The Morgan fingerprint density at radius 1 is 1.25 bits per heavy atom.